The Bertz CT molecular complexity index is 2130. The molecule has 3 aliphatic heterocycles. The summed E-state index contributed by atoms with van der Waals surface area (Å²) in [5.41, 5.74) is 3.09. The number of aliphatic imine (C=N–C) groups is 1. The fourth-order valence-corrected chi connectivity index (χ4v) is 6.88. The van der Waals surface area contributed by atoms with Crippen LogP contribution in [0.25, 0.3) is 11.3 Å². The Morgan fingerprint density at radius 3 is 2.16 bits per heavy atom. The molecule has 3 amide bonds. The van der Waals surface area contributed by atoms with E-state index in [9.17, 15) is 19.2 Å². The van der Waals surface area contributed by atoms with E-state index in [4.69, 9.17) is 0 Å². The fourth-order valence-electron chi connectivity index (χ4n) is 5.15. The van der Waals surface area contributed by atoms with E-state index in [1.54, 1.807) is 67.2 Å². The maximum Gasteiger partial charge on any atom is 0.297 e. The van der Waals surface area contributed by atoms with E-state index in [-0.39, 0.29) is 27.0 Å². The first-order valence-electron chi connectivity index (χ1n) is 13.1. The lowest BCUT2D eigenvalue weighted by Gasteiger charge is -2.10. The summed E-state index contributed by atoms with van der Waals surface area (Å²) in [7, 11) is 1.74. The first-order valence-corrected chi connectivity index (χ1v) is 15.5. The minimum atomic E-state index is -0.660. The number of hydrogen-bond acceptors (Lipinski definition) is 7. The molecule has 0 spiro atoms. The second kappa shape index (κ2) is 10.6. The molecule has 0 saturated carbocycles. The number of benzene rings is 3. The molecule has 3 aromatic carbocycles. The third-order valence-corrected chi connectivity index (χ3v) is 9.36. The lowest BCUT2D eigenvalue weighted by molar-refractivity contribution is -0.122. The Morgan fingerprint density at radius 1 is 0.818 bits per heavy atom. The molecule has 0 bridgehead atoms. The highest BCUT2D eigenvalue weighted by Gasteiger charge is 2.42. The van der Waals surface area contributed by atoms with Crippen molar-refractivity contribution < 1.29 is 14.4 Å². The molecule has 4 heterocycles. The zero-order valence-electron chi connectivity index (χ0n) is 22.9. The van der Waals surface area contributed by atoms with Gasteiger partial charge >= 0.3 is 0 Å². The van der Waals surface area contributed by atoms with Crippen LogP contribution in [0.4, 0.5) is 17.1 Å². The van der Waals surface area contributed by atoms with E-state index in [0.29, 0.717) is 38.4 Å². The largest absolute Gasteiger partial charge is 0.321 e. The summed E-state index contributed by atoms with van der Waals surface area (Å²) < 4.78 is 4.58. The lowest BCUT2D eigenvalue weighted by atomic mass is 10.1. The van der Waals surface area contributed by atoms with Crippen molar-refractivity contribution in [3.63, 3.8) is 0 Å². The Morgan fingerprint density at radius 2 is 1.45 bits per heavy atom. The second-order valence-corrected chi connectivity index (χ2v) is 12.8. The lowest BCUT2D eigenvalue weighted by Crippen LogP contribution is -2.28. The van der Waals surface area contributed by atoms with E-state index in [2.05, 4.69) is 52.6 Å². The number of fused-ring (bicyclic) bond motifs is 2. The highest BCUT2D eigenvalue weighted by atomic mass is 79.9. The van der Waals surface area contributed by atoms with Crippen molar-refractivity contribution in [2.24, 2.45) is 17.1 Å². The quantitative estimate of drug-likeness (QED) is 0.277. The Balaban J connectivity index is 1.43. The molecule has 11 nitrogen and oxygen atoms in total. The summed E-state index contributed by atoms with van der Waals surface area (Å²) in [6.07, 6.45) is 0. The number of rotatable bonds is 3. The van der Waals surface area contributed by atoms with Crippen LogP contribution in [0.1, 0.15) is 16.8 Å². The van der Waals surface area contributed by atoms with E-state index >= 15 is 0 Å². The molecule has 2 N–H and O–H groups in total. The number of amidine groups is 1. The van der Waals surface area contributed by atoms with Gasteiger partial charge in [-0.15, -0.1) is 0 Å². The number of amides is 3. The molecule has 0 unspecified atom stereocenters. The molecule has 14 heteroatoms. The molecule has 44 heavy (non-hydrogen) atoms. The van der Waals surface area contributed by atoms with Gasteiger partial charge in [0.2, 0.25) is 0 Å². The van der Waals surface area contributed by atoms with Crippen molar-refractivity contribution in [1.82, 2.24) is 14.4 Å². The Labute approximate surface area is 270 Å². The second-order valence-electron chi connectivity index (χ2n) is 9.96. The van der Waals surface area contributed by atoms with Crippen LogP contribution >= 0.6 is 43.6 Å². The number of hydrogen-bond donors (Lipinski definition) is 2. The van der Waals surface area contributed by atoms with Crippen molar-refractivity contribution in [2.75, 3.05) is 10.6 Å². The van der Waals surface area contributed by atoms with Crippen LogP contribution in [-0.2, 0) is 21.4 Å². The zero-order chi connectivity index (χ0) is 30.9. The maximum atomic E-state index is 14.1. The summed E-state index contributed by atoms with van der Waals surface area (Å²) in [4.78, 5) is 58.8. The SMILES string of the molecule is Cc1c(N=C2SC(=C3C(=O)Nc4ccc(Br)cc43)C(=O)N2N=C2C(=O)Nc3ccc(Br)cc32)c(=O)n(-c2ccccc2)n1C. The van der Waals surface area contributed by atoms with Crippen molar-refractivity contribution in [3.05, 3.63) is 108 Å². The summed E-state index contributed by atoms with van der Waals surface area (Å²) in [5.74, 6) is -1.63. The third kappa shape index (κ3) is 4.48. The topological polar surface area (TPSA) is 130 Å². The Hall–Kier alpha value is -4.53. The molecular formula is C30H19Br2N7O4S. The molecule has 218 valence electrons. The van der Waals surface area contributed by atoms with Gasteiger partial charge < -0.3 is 10.6 Å². The van der Waals surface area contributed by atoms with E-state index in [1.165, 1.54) is 4.68 Å². The maximum absolute atomic E-state index is 14.1. The van der Waals surface area contributed by atoms with Gasteiger partial charge in [-0.1, -0.05) is 50.1 Å². The number of nitrogens with one attached hydrogen (secondary N) is 2. The molecule has 0 radical (unpaired) electrons. The number of halogens is 2. The molecule has 1 fully saturated rings. The number of carbonyl (C=O) groups excluding carboxylic acids is 3. The smallest absolute Gasteiger partial charge is 0.297 e. The summed E-state index contributed by atoms with van der Waals surface area (Å²) in [5, 5.41) is 11.0. The number of thioether (sulfide) groups is 1. The van der Waals surface area contributed by atoms with E-state index in [1.807, 2.05) is 18.2 Å². The van der Waals surface area contributed by atoms with Crippen molar-refractivity contribution >= 4 is 94.9 Å². The average Bonchev–Trinajstić information content (AvgIpc) is 3.66. The molecule has 0 aliphatic carbocycles. The number of nitrogens with zero attached hydrogens (tertiary/aromatic N) is 5. The van der Waals surface area contributed by atoms with Crippen LogP contribution in [0.5, 0.6) is 0 Å². The van der Waals surface area contributed by atoms with Gasteiger partial charge in [-0.05, 0) is 67.2 Å². The standard InChI is InChI=1S/C30H19Br2N7O4S/c1-14-23(28(42)39(37(14)2)17-6-4-3-5-7-17)35-30-38(36-24-19-13-16(32)9-11-21(19)34-27(24)41)29(43)25(44-30)22-18-12-15(31)8-10-20(18)33-26(22)40/h3-13H,1-2H3,(H,33,40)(H,34,36,41). The average molecular weight is 733 g/mol. The fraction of sp³-hybridized carbons (Fsp3) is 0.0667. The van der Waals surface area contributed by atoms with Crippen molar-refractivity contribution in [1.29, 1.82) is 0 Å². The highest BCUT2D eigenvalue weighted by molar-refractivity contribution is 9.10. The third-order valence-electron chi connectivity index (χ3n) is 7.35. The van der Waals surface area contributed by atoms with Gasteiger partial charge in [-0.2, -0.15) is 10.1 Å². The number of anilines is 2. The van der Waals surface area contributed by atoms with Gasteiger partial charge in [0.05, 0.1) is 27.5 Å². The molecule has 4 aromatic rings. The van der Waals surface area contributed by atoms with Gasteiger partial charge in [0.1, 0.15) is 0 Å². The molecule has 1 saturated heterocycles. The monoisotopic (exact) mass is 731 g/mol. The van der Waals surface area contributed by atoms with Gasteiger partial charge in [0.15, 0.2) is 16.6 Å². The van der Waals surface area contributed by atoms with Gasteiger partial charge in [0.25, 0.3) is 23.3 Å². The van der Waals surface area contributed by atoms with Crippen LogP contribution in [0.3, 0.4) is 0 Å². The number of carbonyl (C=O) groups is 3. The predicted octanol–water partition coefficient (Wildman–Crippen LogP) is 5.29. The van der Waals surface area contributed by atoms with Crippen LogP contribution in [-0.4, -0.2) is 43.0 Å². The van der Waals surface area contributed by atoms with Crippen LogP contribution in [0.15, 0.2) is 95.5 Å². The van der Waals surface area contributed by atoms with Gasteiger partial charge in [-0.25, -0.2) is 9.67 Å². The van der Waals surface area contributed by atoms with Crippen LogP contribution in [0, 0.1) is 6.92 Å². The van der Waals surface area contributed by atoms with Gasteiger partial charge in [-0.3, -0.25) is 23.9 Å². The van der Waals surface area contributed by atoms with Crippen LogP contribution < -0.4 is 16.2 Å². The first kappa shape index (κ1) is 28.3. The van der Waals surface area contributed by atoms with E-state index in [0.717, 1.165) is 21.2 Å². The Kier molecular flexibility index (Phi) is 6.79. The molecule has 3 aliphatic rings. The van der Waals surface area contributed by atoms with Crippen molar-refractivity contribution in [2.45, 2.75) is 6.92 Å². The first-order chi connectivity index (χ1) is 21.1. The number of aromatic nitrogens is 2. The predicted molar refractivity (Wildman–Crippen MR) is 176 cm³/mol. The van der Waals surface area contributed by atoms with Crippen molar-refractivity contribution in [3.8, 4) is 5.69 Å². The summed E-state index contributed by atoms with van der Waals surface area (Å²) in [6.45, 7) is 1.74. The number of para-hydroxylation sites is 1. The molecular weight excluding hydrogens is 714 g/mol. The van der Waals surface area contributed by atoms with E-state index < -0.39 is 23.3 Å². The highest BCUT2D eigenvalue weighted by Crippen LogP contribution is 2.44. The summed E-state index contributed by atoms with van der Waals surface area (Å²) >= 11 is 7.77. The molecule has 1 aromatic heterocycles. The van der Waals surface area contributed by atoms with Gasteiger partial charge in [0, 0.05) is 32.8 Å². The number of hydrazone groups is 1. The van der Waals surface area contributed by atoms with Crippen LogP contribution in [0.2, 0.25) is 0 Å². The summed E-state index contributed by atoms with van der Waals surface area (Å²) in [6, 6.07) is 19.6. The minimum Gasteiger partial charge on any atom is -0.321 e. The zero-order valence-corrected chi connectivity index (χ0v) is 26.9. The molecule has 7 rings (SSSR count). The minimum absolute atomic E-state index is 0.0142. The molecule has 0 atom stereocenters. The normalized spacial score (nSPS) is 19.2.